The first-order valence-electron chi connectivity index (χ1n) is 11.9. The lowest BCUT2D eigenvalue weighted by molar-refractivity contribution is -0.151. The minimum absolute atomic E-state index is 0.0376. The molecule has 1 saturated heterocycles. The van der Waals surface area contributed by atoms with Crippen molar-refractivity contribution in [2.75, 3.05) is 13.1 Å². The van der Waals surface area contributed by atoms with Crippen LogP contribution >= 0.6 is 0 Å². The van der Waals surface area contributed by atoms with Crippen molar-refractivity contribution in [1.29, 1.82) is 0 Å². The quantitative estimate of drug-likeness (QED) is 0.363. The van der Waals surface area contributed by atoms with Crippen LogP contribution in [0.25, 0.3) is 11.0 Å². The normalized spacial score (nSPS) is 15.6. The van der Waals surface area contributed by atoms with Gasteiger partial charge in [0, 0.05) is 30.1 Å². The Hall–Kier alpha value is -2.97. The maximum absolute atomic E-state index is 13.0. The highest BCUT2D eigenvalue weighted by molar-refractivity contribution is 7.89. The van der Waals surface area contributed by atoms with Gasteiger partial charge in [0.25, 0.3) is 0 Å². The van der Waals surface area contributed by atoms with Crippen molar-refractivity contribution in [2.24, 2.45) is 5.92 Å². The van der Waals surface area contributed by atoms with Crippen LogP contribution in [0, 0.1) is 19.8 Å². The Balaban J connectivity index is 1.39. The summed E-state index contributed by atoms with van der Waals surface area (Å²) in [6.07, 6.45) is 0.774. The standard InChI is InChI=1S/C27H31NO6S/c1-17(2)20-5-7-23(8-6-20)35(31,32)28-11-9-21(10-12-28)27(30)33-16-22-15-26(29)34-25-14-19(4)18(3)13-24(22)25/h5-8,13-15,17,21H,9-12,16H2,1-4H3. The highest BCUT2D eigenvalue weighted by Gasteiger charge is 2.33. The zero-order valence-corrected chi connectivity index (χ0v) is 21.4. The number of fused-ring (bicyclic) bond motifs is 1. The average Bonchev–Trinajstić information content (AvgIpc) is 2.83. The van der Waals surface area contributed by atoms with E-state index in [1.54, 1.807) is 12.1 Å². The molecular weight excluding hydrogens is 466 g/mol. The van der Waals surface area contributed by atoms with Crippen LogP contribution in [0.4, 0.5) is 0 Å². The molecule has 0 atom stereocenters. The number of nitrogens with zero attached hydrogens (tertiary/aromatic N) is 1. The molecule has 1 aromatic heterocycles. The molecule has 1 aliphatic rings. The molecule has 1 aliphatic heterocycles. The Bertz CT molecular complexity index is 1400. The van der Waals surface area contributed by atoms with Crippen LogP contribution in [-0.4, -0.2) is 31.8 Å². The summed E-state index contributed by atoms with van der Waals surface area (Å²) >= 11 is 0. The Kier molecular flexibility index (Phi) is 7.15. The summed E-state index contributed by atoms with van der Waals surface area (Å²) in [7, 11) is -3.61. The summed E-state index contributed by atoms with van der Waals surface area (Å²) in [6.45, 7) is 8.50. The van der Waals surface area contributed by atoms with E-state index < -0.39 is 15.6 Å². The molecule has 7 nitrogen and oxygen atoms in total. The number of carbonyl (C=O) groups excluding carboxylic acids is 1. The lowest BCUT2D eigenvalue weighted by Crippen LogP contribution is -2.40. The molecule has 0 saturated carbocycles. The van der Waals surface area contributed by atoms with Crippen molar-refractivity contribution in [3.05, 3.63) is 75.1 Å². The lowest BCUT2D eigenvalue weighted by Gasteiger charge is -2.30. The fraction of sp³-hybridized carbons (Fsp3) is 0.407. The van der Waals surface area contributed by atoms with Crippen molar-refractivity contribution in [3.63, 3.8) is 0 Å². The zero-order valence-electron chi connectivity index (χ0n) is 20.5. The van der Waals surface area contributed by atoms with E-state index in [2.05, 4.69) is 13.8 Å². The summed E-state index contributed by atoms with van der Waals surface area (Å²) in [5, 5.41) is 0.741. The van der Waals surface area contributed by atoms with Gasteiger partial charge in [0.05, 0.1) is 10.8 Å². The molecule has 0 aliphatic carbocycles. The summed E-state index contributed by atoms with van der Waals surface area (Å²) in [5.74, 6) is -0.446. The van der Waals surface area contributed by atoms with E-state index in [0.29, 0.717) is 29.9 Å². The molecular formula is C27H31NO6S. The van der Waals surface area contributed by atoms with Crippen LogP contribution in [0.1, 0.15) is 54.9 Å². The number of benzene rings is 2. The highest BCUT2D eigenvalue weighted by Crippen LogP contribution is 2.27. The molecule has 4 rings (SSSR count). The number of hydrogen-bond acceptors (Lipinski definition) is 6. The second-order valence-electron chi connectivity index (χ2n) is 9.53. The predicted octanol–water partition coefficient (Wildman–Crippen LogP) is 4.68. The minimum atomic E-state index is -3.61. The van der Waals surface area contributed by atoms with Gasteiger partial charge < -0.3 is 9.15 Å². The van der Waals surface area contributed by atoms with E-state index >= 15 is 0 Å². The molecule has 2 aromatic carbocycles. The van der Waals surface area contributed by atoms with Crippen molar-refractivity contribution in [1.82, 2.24) is 4.31 Å². The van der Waals surface area contributed by atoms with Crippen molar-refractivity contribution < 1.29 is 22.4 Å². The molecule has 0 spiro atoms. The van der Waals surface area contributed by atoms with Gasteiger partial charge in [0.2, 0.25) is 10.0 Å². The molecule has 0 amide bonds. The predicted molar refractivity (Wildman–Crippen MR) is 134 cm³/mol. The summed E-state index contributed by atoms with van der Waals surface area (Å²) < 4.78 is 38.4. The molecule has 0 N–H and O–H groups in total. The number of piperidine rings is 1. The van der Waals surface area contributed by atoms with Gasteiger partial charge in [-0.15, -0.1) is 0 Å². The Morgan fingerprint density at radius 3 is 2.31 bits per heavy atom. The summed E-state index contributed by atoms with van der Waals surface area (Å²) in [5.41, 5.74) is 3.70. The maximum atomic E-state index is 13.0. The SMILES string of the molecule is Cc1cc2oc(=O)cc(COC(=O)C3CCN(S(=O)(=O)c4ccc(C(C)C)cc4)CC3)c2cc1C. The van der Waals surface area contributed by atoms with Gasteiger partial charge in [-0.05, 0) is 73.6 Å². The Morgan fingerprint density at radius 2 is 1.69 bits per heavy atom. The van der Waals surface area contributed by atoms with E-state index in [4.69, 9.17) is 9.15 Å². The largest absolute Gasteiger partial charge is 0.461 e. The lowest BCUT2D eigenvalue weighted by atomic mass is 9.98. The van der Waals surface area contributed by atoms with Gasteiger partial charge in [-0.2, -0.15) is 4.31 Å². The van der Waals surface area contributed by atoms with Crippen LogP contribution in [0.5, 0.6) is 0 Å². The molecule has 0 unspecified atom stereocenters. The van der Waals surface area contributed by atoms with Crippen LogP contribution in [0.15, 0.2) is 56.6 Å². The van der Waals surface area contributed by atoms with Crippen LogP contribution in [0.3, 0.4) is 0 Å². The van der Waals surface area contributed by atoms with E-state index in [1.165, 1.54) is 10.4 Å². The molecule has 3 aromatic rings. The summed E-state index contributed by atoms with van der Waals surface area (Å²) in [4.78, 5) is 25.0. The number of hydrogen-bond donors (Lipinski definition) is 0. The highest BCUT2D eigenvalue weighted by atomic mass is 32.2. The first-order valence-corrected chi connectivity index (χ1v) is 13.3. The number of esters is 1. The van der Waals surface area contributed by atoms with E-state index in [0.717, 1.165) is 22.1 Å². The third-order valence-corrected chi connectivity index (χ3v) is 8.70. The first kappa shape index (κ1) is 25.1. The minimum Gasteiger partial charge on any atom is -0.461 e. The molecule has 2 heterocycles. The van der Waals surface area contributed by atoms with Crippen molar-refractivity contribution >= 4 is 27.0 Å². The Morgan fingerprint density at radius 1 is 1.06 bits per heavy atom. The topological polar surface area (TPSA) is 93.9 Å². The molecule has 35 heavy (non-hydrogen) atoms. The fourth-order valence-electron chi connectivity index (χ4n) is 4.37. The average molecular weight is 498 g/mol. The smallest absolute Gasteiger partial charge is 0.336 e. The molecule has 8 heteroatoms. The zero-order chi connectivity index (χ0) is 25.3. The monoisotopic (exact) mass is 497 g/mol. The van der Waals surface area contributed by atoms with Gasteiger partial charge in [0.15, 0.2) is 0 Å². The first-order chi connectivity index (χ1) is 16.6. The van der Waals surface area contributed by atoms with Gasteiger partial charge in [-0.3, -0.25) is 4.79 Å². The number of carbonyl (C=O) groups is 1. The van der Waals surface area contributed by atoms with E-state index in [-0.39, 0.29) is 36.5 Å². The van der Waals surface area contributed by atoms with Crippen molar-refractivity contribution in [3.8, 4) is 0 Å². The van der Waals surface area contributed by atoms with Gasteiger partial charge in [-0.1, -0.05) is 26.0 Å². The van der Waals surface area contributed by atoms with Gasteiger partial charge >= 0.3 is 11.6 Å². The van der Waals surface area contributed by atoms with E-state index in [1.807, 2.05) is 38.1 Å². The van der Waals surface area contributed by atoms with Crippen molar-refractivity contribution in [2.45, 2.75) is 58.0 Å². The third kappa shape index (κ3) is 5.33. The maximum Gasteiger partial charge on any atom is 0.336 e. The van der Waals surface area contributed by atoms with Crippen LogP contribution in [0.2, 0.25) is 0 Å². The fourth-order valence-corrected chi connectivity index (χ4v) is 5.84. The molecule has 1 fully saturated rings. The molecule has 0 bridgehead atoms. The van der Waals surface area contributed by atoms with Gasteiger partial charge in [0.1, 0.15) is 12.2 Å². The van der Waals surface area contributed by atoms with Crippen LogP contribution < -0.4 is 5.63 Å². The second-order valence-corrected chi connectivity index (χ2v) is 11.5. The second kappa shape index (κ2) is 9.95. The number of ether oxygens (including phenoxy) is 1. The Labute approximate surface area is 205 Å². The molecule has 0 radical (unpaired) electrons. The summed E-state index contributed by atoms with van der Waals surface area (Å²) in [6, 6.07) is 12.1. The van der Waals surface area contributed by atoms with Gasteiger partial charge in [-0.25, -0.2) is 13.2 Å². The van der Waals surface area contributed by atoms with Crippen LogP contribution in [-0.2, 0) is 26.2 Å². The number of aryl methyl sites for hydroxylation is 2. The number of rotatable bonds is 6. The number of sulfonamides is 1. The van der Waals surface area contributed by atoms with E-state index in [9.17, 15) is 18.0 Å². The third-order valence-electron chi connectivity index (χ3n) is 6.79. The molecule has 186 valence electrons.